The van der Waals surface area contributed by atoms with Crippen molar-refractivity contribution in [2.75, 3.05) is 13.1 Å². The molecule has 0 radical (unpaired) electrons. The van der Waals surface area contributed by atoms with Gasteiger partial charge < -0.3 is 9.88 Å². The van der Waals surface area contributed by atoms with E-state index in [4.69, 9.17) is 0 Å². The predicted molar refractivity (Wildman–Crippen MR) is 63.3 cm³/mol. The molecular formula is C12H20N2O. The van der Waals surface area contributed by atoms with Crippen molar-refractivity contribution in [3.8, 4) is 0 Å². The Kier molecular flexibility index (Phi) is 4.56. The van der Waals surface area contributed by atoms with Crippen LogP contribution in [0, 0.1) is 13.8 Å². The van der Waals surface area contributed by atoms with Gasteiger partial charge in [0, 0.05) is 30.1 Å². The lowest BCUT2D eigenvalue weighted by Gasteiger charge is -2.13. The SMILES string of the molecule is CCNCCCn1c(C)cc(=O)cc1C. The lowest BCUT2D eigenvalue weighted by Crippen LogP contribution is -2.18. The molecule has 0 amide bonds. The Balaban J connectivity index is 2.64. The lowest BCUT2D eigenvalue weighted by atomic mass is 10.2. The van der Waals surface area contributed by atoms with Crippen LogP contribution in [0.5, 0.6) is 0 Å². The predicted octanol–water partition coefficient (Wildman–Crippen LogP) is 1.46. The van der Waals surface area contributed by atoms with Gasteiger partial charge in [-0.15, -0.1) is 0 Å². The highest BCUT2D eigenvalue weighted by Crippen LogP contribution is 2.02. The van der Waals surface area contributed by atoms with Gasteiger partial charge >= 0.3 is 0 Å². The Bertz CT molecular complexity index is 342. The molecule has 0 saturated carbocycles. The van der Waals surface area contributed by atoms with Crippen molar-refractivity contribution in [1.82, 2.24) is 9.88 Å². The zero-order chi connectivity index (χ0) is 11.3. The summed E-state index contributed by atoms with van der Waals surface area (Å²) in [5, 5.41) is 3.29. The Morgan fingerprint density at radius 1 is 1.27 bits per heavy atom. The van der Waals surface area contributed by atoms with Gasteiger partial charge in [0.1, 0.15) is 0 Å². The van der Waals surface area contributed by atoms with Gasteiger partial charge in [0.05, 0.1) is 0 Å². The number of aryl methyl sites for hydroxylation is 2. The second-order valence-electron chi connectivity index (χ2n) is 3.83. The van der Waals surface area contributed by atoms with Crippen LogP contribution in [0.4, 0.5) is 0 Å². The number of nitrogens with one attached hydrogen (secondary N) is 1. The number of aromatic nitrogens is 1. The fourth-order valence-corrected chi connectivity index (χ4v) is 1.78. The highest BCUT2D eigenvalue weighted by atomic mass is 16.1. The number of pyridine rings is 1. The first-order chi connectivity index (χ1) is 7.15. The standard InChI is InChI=1S/C12H20N2O/c1-4-13-6-5-7-14-10(2)8-12(15)9-11(14)3/h8-9,13H,4-7H2,1-3H3. The Hall–Kier alpha value is -1.09. The average molecular weight is 208 g/mol. The lowest BCUT2D eigenvalue weighted by molar-refractivity contribution is 0.571. The molecule has 0 spiro atoms. The molecular weight excluding hydrogens is 188 g/mol. The summed E-state index contributed by atoms with van der Waals surface area (Å²) in [6.45, 7) is 9.10. The van der Waals surface area contributed by atoms with Crippen LogP contribution in [0.15, 0.2) is 16.9 Å². The van der Waals surface area contributed by atoms with E-state index in [0.29, 0.717) is 0 Å². The fourth-order valence-electron chi connectivity index (χ4n) is 1.78. The summed E-state index contributed by atoms with van der Waals surface area (Å²) in [4.78, 5) is 11.2. The normalized spacial score (nSPS) is 10.6. The van der Waals surface area contributed by atoms with Gasteiger partial charge in [-0.25, -0.2) is 0 Å². The molecule has 1 heterocycles. The van der Waals surface area contributed by atoms with E-state index in [1.165, 1.54) is 0 Å². The van der Waals surface area contributed by atoms with Crippen LogP contribution >= 0.6 is 0 Å². The van der Waals surface area contributed by atoms with Crippen LogP contribution in [0.1, 0.15) is 24.7 Å². The third-order valence-corrected chi connectivity index (χ3v) is 2.54. The van der Waals surface area contributed by atoms with E-state index in [0.717, 1.165) is 37.4 Å². The van der Waals surface area contributed by atoms with E-state index in [-0.39, 0.29) is 5.43 Å². The molecule has 1 N–H and O–H groups in total. The van der Waals surface area contributed by atoms with Gasteiger partial charge in [0.2, 0.25) is 0 Å². The first-order valence-corrected chi connectivity index (χ1v) is 5.54. The Morgan fingerprint density at radius 2 is 1.87 bits per heavy atom. The molecule has 0 saturated heterocycles. The maximum Gasteiger partial charge on any atom is 0.182 e. The largest absolute Gasteiger partial charge is 0.349 e. The van der Waals surface area contributed by atoms with E-state index in [9.17, 15) is 4.79 Å². The summed E-state index contributed by atoms with van der Waals surface area (Å²) in [6, 6.07) is 3.39. The molecule has 0 fully saturated rings. The summed E-state index contributed by atoms with van der Waals surface area (Å²) >= 11 is 0. The number of hydrogen-bond acceptors (Lipinski definition) is 2. The number of nitrogens with zero attached hydrogens (tertiary/aromatic N) is 1. The topological polar surface area (TPSA) is 34.0 Å². The van der Waals surface area contributed by atoms with Crippen molar-refractivity contribution in [3.63, 3.8) is 0 Å². The second-order valence-corrected chi connectivity index (χ2v) is 3.83. The molecule has 0 aliphatic carbocycles. The van der Waals surface area contributed by atoms with Gasteiger partial charge in [-0.1, -0.05) is 6.92 Å². The van der Waals surface area contributed by atoms with Gasteiger partial charge in [-0.2, -0.15) is 0 Å². The van der Waals surface area contributed by atoms with Crippen molar-refractivity contribution in [2.24, 2.45) is 0 Å². The third-order valence-electron chi connectivity index (χ3n) is 2.54. The van der Waals surface area contributed by atoms with E-state index in [1.807, 2.05) is 13.8 Å². The van der Waals surface area contributed by atoms with Crippen LogP contribution in [-0.2, 0) is 6.54 Å². The first-order valence-electron chi connectivity index (χ1n) is 5.54. The highest BCUT2D eigenvalue weighted by Gasteiger charge is 2.00. The molecule has 0 bridgehead atoms. The molecule has 0 unspecified atom stereocenters. The van der Waals surface area contributed by atoms with E-state index < -0.39 is 0 Å². The highest BCUT2D eigenvalue weighted by molar-refractivity contribution is 5.12. The van der Waals surface area contributed by atoms with Crippen LogP contribution in [-0.4, -0.2) is 17.7 Å². The molecule has 0 aliphatic rings. The second kappa shape index (κ2) is 5.71. The molecule has 3 heteroatoms. The number of rotatable bonds is 5. The fraction of sp³-hybridized carbons (Fsp3) is 0.583. The molecule has 1 aromatic heterocycles. The van der Waals surface area contributed by atoms with E-state index >= 15 is 0 Å². The molecule has 84 valence electrons. The minimum absolute atomic E-state index is 0.105. The Labute approximate surface area is 91.1 Å². The quantitative estimate of drug-likeness (QED) is 0.743. The Morgan fingerprint density at radius 3 is 2.40 bits per heavy atom. The molecule has 0 aliphatic heterocycles. The van der Waals surface area contributed by atoms with Crippen molar-refractivity contribution < 1.29 is 0 Å². The van der Waals surface area contributed by atoms with Crippen molar-refractivity contribution in [1.29, 1.82) is 0 Å². The summed E-state index contributed by atoms with van der Waals surface area (Å²) in [7, 11) is 0. The zero-order valence-corrected chi connectivity index (χ0v) is 9.84. The maximum absolute atomic E-state index is 11.2. The van der Waals surface area contributed by atoms with Gasteiger partial charge in [-0.05, 0) is 33.4 Å². The molecule has 3 nitrogen and oxygen atoms in total. The average Bonchev–Trinajstić information content (AvgIpc) is 2.15. The molecule has 15 heavy (non-hydrogen) atoms. The van der Waals surface area contributed by atoms with E-state index in [1.54, 1.807) is 12.1 Å². The van der Waals surface area contributed by atoms with E-state index in [2.05, 4.69) is 16.8 Å². The van der Waals surface area contributed by atoms with Gasteiger partial charge in [-0.3, -0.25) is 4.79 Å². The van der Waals surface area contributed by atoms with Crippen LogP contribution < -0.4 is 10.7 Å². The molecule has 1 aromatic rings. The maximum atomic E-state index is 11.2. The molecule has 0 aromatic carbocycles. The van der Waals surface area contributed by atoms with Crippen LogP contribution in [0.2, 0.25) is 0 Å². The smallest absolute Gasteiger partial charge is 0.182 e. The summed E-state index contributed by atoms with van der Waals surface area (Å²) < 4.78 is 2.19. The van der Waals surface area contributed by atoms with Crippen LogP contribution in [0.3, 0.4) is 0 Å². The minimum atomic E-state index is 0.105. The first kappa shape index (κ1) is 12.0. The van der Waals surface area contributed by atoms with Gasteiger partial charge in [0.25, 0.3) is 0 Å². The van der Waals surface area contributed by atoms with Crippen LogP contribution in [0.25, 0.3) is 0 Å². The summed E-state index contributed by atoms with van der Waals surface area (Å²) in [5.41, 5.74) is 2.21. The molecule has 0 atom stereocenters. The van der Waals surface area contributed by atoms with Crippen molar-refractivity contribution in [3.05, 3.63) is 33.7 Å². The third kappa shape index (κ3) is 3.51. The molecule has 1 rings (SSSR count). The van der Waals surface area contributed by atoms with Crippen molar-refractivity contribution >= 4 is 0 Å². The minimum Gasteiger partial charge on any atom is -0.349 e. The monoisotopic (exact) mass is 208 g/mol. The number of hydrogen-bond donors (Lipinski definition) is 1. The van der Waals surface area contributed by atoms with Gasteiger partial charge in [0.15, 0.2) is 5.43 Å². The zero-order valence-electron chi connectivity index (χ0n) is 9.84. The van der Waals surface area contributed by atoms with Crippen molar-refractivity contribution in [2.45, 2.75) is 33.7 Å². The summed E-state index contributed by atoms with van der Waals surface area (Å²) in [5.74, 6) is 0. The summed E-state index contributed by atoms with van der Waals surface area (Å²) in [6.07, 6.45) is 1.10.